The molecule has 2 aliphatic rings. The van der Waals surface area contributed by atoms with Crippen LogP contribution >= 0.6 is 0 Å². The number of hydrogen-bond acceptors (Lipinski definition) is 3. The van der Waals surface area contributed by atoms with Crippen LogP contribution < -0.4 is 4.90 Å². The monoisotopic (exact) mass is 534 g/mol. The number of nitrogens with zero attached hydrogens (tertiary/aromatic N) is 2. The van der Waals surface area contributed by atoms with Gasteiger partial charge in [-0.25, -0.2) is 8.42 Å². The standard InChI is InChI=1S/C34H34N2O2S/c1-25-17-19-29(20-18-25)39(37,38)36(24-28-13-7-4-8-14-28)33-22-26(2)21-32-34(33)30-15-9-10-16-31(30)35(32)23-27-11-5-3-6-12-27/h3-20,32-34H,2,21-24H2,1H3/t32-,33+,34+/m0/s1. The first-order valence-electron chi connectivity index (χ1n) is 13.6. The lowest BCUT2D eigenvalue weighted by Crippen LogP contribution is -2.50. The van der Waals surface area contributed by atoms with Gasteiger partial charge in [0, 0.05) is 36.8 Å². The Bertz CT molecular complexity index is 1570. The molecule has 0 aromatic heterocycles. The number of aryl methyl sites for hydroxylation is 1. The van der Waals surface area contributed by atoms with Gasteiger partial charge in [0.25, 0.3) is 0 Å². The summed E-state index contributed by atoms with van der Waals surface area (Å²) in [5.41, 5.74) is 6.79. The molecule has 1 aliphatic heterocycles. The molecule has 4 aromatic carbocycles. The molecule has 0 bridgehead atoms. The molecule has 3 atom stereocenters. The molecule has 5 heteroatoms. The summed E-state index contributed by atoms with van der Waals surface area (Å²) < 4.78 is 30.6. The van der Waals surface area contributed by atoms with Gasteiger partial charge in [-0.05, 0) is 54.7 Å². The zero-order valence-corrected chi connectivity index (χ0v) is 23.1. The average molecular weight is 535 g/mol. The molecular formula is C34H34N2O2S. The Hall–Kier alpha value is -3.67. The first-order chi connectivity index (χ1) is 18.9. The lowest BCUT2D eigenvalue weighted by molar-refractivity contribution is 0.231. The summed E-state index contributed by atoms with van der Waals surface area (Å²) in [7, 11) is -3.78. The van der Waals surface area contributed by atoms with Crippen LogP contribution in [0.3, 0.4) is 0 Å². The van der Waals surface area contributed by atoms with E-state index in [-0.39, 0.29) is 18.0 Å². The quantitative estimate of drug-likeness (QED) is 0.238. The van der Waals surface area contributed by atoms with Crippen molar-refractivity contribution in [2.24, 2.45) is 0 Å². The average Bonchev–Trinajstić information content (AvgIpc) is 3.25. The van der Waals surface area contributed by atoms with Crippen molar-refractivity contribution in [3.63, 3.8) is 0 Å². The fraction of sp³-hybridized carbons (Fsp3) is 0.235. The first-order valence-corrected chi connectivity index (χ1v) is 15.0. The van der Waals surface area contributed by atoms with Crippen LogP contribution in [0, 0.1) is 6.92 Å². The number of fused-ring (bicyclic) bond motifs is 3. The number of benzene rings is 4. The Morgan fingerprint density at radius 2 is 1.41 bits per heavy atom. The summed E-state index contributed by atoms with van der Waals surface area (Å²) in [6.07, 6.45) is 1.50. The lowest BCUT2D eigenvalue weighted by Gasteiger charge is -2.43. The molecule has 1 aliphatic carbocycles. The highest BCUT2D eigenvalue weighted by atomic mass is 32.2. The molecule has 6 rings (SSSR count). The molecule has 0 radical (unpaired) electrons. The Morgan fingerprint density at radius 3 is 2.10 bits per heavy atom. The second-order valence-electron chi connectivity index (χ2n) is 10.8. The fourth-order valence-corrected chi connectivity index (χ4v) is 8.00. The lowest BCUT2D eigenvalue weighted by atomic mass is 9.76. The fourth-order valence-electron chi connectivity index (χ4n) is 6.37. The molecule has 1 heterocycles. The second-order valence-corrected chi connectivity index (χ2v) is 12.7. The van der Waals surface area contributed by atoms with Crippen LogP contribution in [0.15, 0.2) is 126 Å². The molecule has 0 spiro atoms. The van der Waals surface area contributed by atoms with Crippen LogP contribution in [0.2, 0.25) is 0 Å². The van der Waals surface area contributed by atoms with Crippen LogP contribution in [0.25, 0.3) is 0 Å². The highest BCUT2D eigenvalue weighted by Crippen LogP contribution is 2.51. The number of rotatable bonds is 7. The van der Waals surface area contributed by atoms with Crippen molar-refractivity contribution in [3.8, 4) is 0 Å². The zero-order chi connectivity index (χ0) is 27.0. The minimum atomic E-state index is -3.78. The van der Waals surface area contributed by atoms with E-state index in [1.165, 1.54) is 16.8 Å². The minimum Gasteiger partial charge on any atom is -0.363 e. The largest absolute Gasteiger partial charge is 0.363 e. The highest BCUT2D eigenvalue weighted by Gasteiger charge is 2.49. The molecule has 39 heavy (non-hydrogen) atoms. The van der Waals surface area contributed by atoms with Crippen LogP contribution in [-0.2, 0) is 23.1 Å². The number of anilines is 1. The van der Waals surface area contributed by atoms with Crippen LogP contribution in [0.4, 0.5) is 5.69 Å². The summed E-state index contributed by atoms with van der Waals surface area (Å²) in [4.78, 5) is 2.82. The molecule has 0 N–H and O–H groups in total. The third kappa shape index (κ3) is 4.93. The zero-order valence-electron chi connectivity index (χ0n) is 22.3. The van der Waals surface area contributed by atoms with E-state index in [1.54, 1.807) is 16.4 Å². The summed E-state index contributed by atoms with van der Waals surface area (Å²) in [5.74, 6) is 0.0411. The number of sulfonamides is 1. The maximum atomic E-state index is 14.4. The Morgan fingerprint density at radius 1 is 0.795 bits per heavy atom. The van der Waals surface area contributed by atoms with Gasteiger partial charge >= 0.3 is 0 Å². The van der Waals surface area contributed by atoms with Crippen molar-refractivity contribution in [2.45, 2.75) is 55.8 Å². The van der Waals surface area contributed by atoms with Crippen LogP contribution in [-0.4, -0.2) is 24.8 Å². The summed E-state index contributed by atoms with van der Waals surface area (Å²) >= 11 is 0. The molecule has 1 saturated carbocycles. The van der Waals surface area contributed by atoms with Crippen molar-refractivity contribution in [3.05, 3.63) is 144 Å². The number of hydrogen-bond donors (Lipinski definition) is 0. The van der Waals surface area contributed by atoms with Crippen molar-refractivity contribution in [1.29, 1.82) is 0 Å². The SMILES string of the molecule is C=C1C[C@@H](N(Cc2ccccc2)S(=O)(=O)c2ccc(C)cc2)[C@@H]2c3ccccc3N(Cc3ccccc3)[C@H]2C1. The van der Waals surface area contributed by atoms with Crippen molar-refractivity contribution in [2.75, 3.05) is 4.90 Å². The van der Waals surface area contributed by atoms with Gasteiger partial charge < -0.3 is 4.90 Å². The minimum absolute atomic E-state index is 0.0411. The Kier molecular flexibility index (Phi) is 6.88. The van der Waals surface area contributed by atoms with E-state index in [9.17, 15) is 8.42 Å². The van der Waals surface area contributed by atoms with Gasteiger partial charge in [-0.1, -0.05) is 109 Å². The summed E-state index contributed by atoms with van der Waals surface area (Å²) in [5, 5.41) is 0. The number of para-hydroxylation sites is 1. The van der Waals surface area contributed by atoms with Gasteiger partial charge in [0.1, 0.15) is 0 Å². The van der Waals surface area contributed by atoms with Crippen molar-refractivity contribution in [1.82, 2.24) is 4.31 Å². The van der Waals surface area contributed by atoms with Gasteiger partial charge in [0.2, 0.25) is 10.0 Å². The topological polar surface area (TPSA) is 40.6 Å². The van der Waals surface area contributed by atoms with E-state index in [1.807, 2.05) is 55.5 Å². The first kappa shape index (κ1) is 25.6. The van der Waals surface area contributed by atoms with Crippen LogP contribution in [0.5, 0.6) is 0 Å². The van der Waals surface area contributed by atoms with Crippen molar-refractivity contribution >= 4 is 15.7 Å². The van der Waals surface area contributed by atoms with E-state index < -0.39 is 10.0 Å². The maximum absolute atomic E-state index is 14.4. The van der Waals surface area contributed by atoms with E-state index in [4.69, 9.17) is 0 Å². The predicted molar refractivity (Wildman–Crippen MR) is 158 cm³/mol. The predicted octanol–water partition coefficient (Wildman–Crippen LogP) is 7.08. The second kappa shape index (κ2) is 10.5. The Balaban J connectivity index is 1.46. The Labute approximate surface area is 232 Å². The molecule has 0 amide bonds. The van der Waals surface area contributed by atoms with Gasteiger partial charge in [-0.15, -0.1) is 0 Å². The summed E-state index contributed by atoms with van der Waals surface area (Å²) in [6, 6.07) is 36.1. The molecular weight excluding hydrogens is 500 g/mol. The molecule has 1 fully saturated rings. The third-order valence-corrected chi connectivity index (χ3v) is 10.1. The van der Waals surface area contributed by atoms with E-state index in [0.717, 1.165) is 29.7 Å². The van der Waals surface area contributed by atoms with E-state index in [0.29, 0.717) is 17.9 Å². The van der Waals surface area contributed by atoms with Gasteiger partial charge in [0.05, 0.1) is 4.90 Å². The third-order valence-electron chi connectivity index (χ3n) is 8.20. The van der Waals surface area contributed by atoms with Crippen LogP contribution in [0.1, 0.15) is 41.0 Å². The molecule has 0 unspecified atom stereocenters. The van der Waals surface area contributed by atoms with E-state index in [2.05, 4.69) is 60.0 Å². The molecule has 4 aromatic rings. The molecule has 198 valence electrons. The molecule has 0 saturated heterocycles. The van der Waals surface area contributed by atoms with Gasteiger partial charge in [-0.2, -0.15) is 4.31 Å². The normalized spacial score (nSPS) is 20.6. The smallest absolute Gasteiger partial charge is 0.243 e. The maximum Gasteiger partial charge on any atom is 0.243 e. The van der Waals surface area contributed by atoms with Crippen molar-refractivity contribution < 1.29 is 8.42 Å². The highest BCUT2D eigenvalue weighted by molar-refractivity contribution is 7.89. The van der Waals surface area contributed by atoms with Gasteiger partial charge in [-0.3, -0.25) is 0 Å². The van der Waals surface area contributed by atoms with Gasteiger partial charge in [0.15, 0.2) is 0 Å². The summed E-state index contributed by atoms with van der Waals surface area (Å²) in [6.45, 7) is 7.51. The molecule has 4 nitrogen and oxygen atoms in total. The van der Waals surface area contributed by atoms with E-state index >= 15 is 0 Å².